The molecule has 0 radical (unpaired) electrons. The lowest BCUT2D eigenvalue weighted by molar-refractivity contribution is 0.224. The van der Waals surface area contributed by atoms with Crippen LogP contribution in [0.4, 0.5) is 0 Å². The molecule has 0 spiro atoms. The van der Waals surface area contributed by atoms with E-state index < -0.39 is 0 Å². The highest BCUT2D eigenvalue weighted by atomic mass is 15.2. The molecule has 0 aliphatic heterocycles. The molecule has 1 aliphatic rings. The SMILES string of the molecule is Cc1ccccc1C(NN)C1(C)CCCC1. The van der Waals surface area contributed by atoms with E-state index in [4.69, 9.17) is 5.84 Å². The fourth-order valence-electron chi connectivity index (χ4n) is 3.05. The molecule has 1 unspecified atom stereocenters. The molecule has 0 amide bonds. The number of hydrogen-bond donors (Lipinski definition) is 2. The first-order valence-corrected chi connectivity index (χ1v) is 6.19. The van der Waals surface area contributed by atoms with Crippen LogP contribution >= 0.6 is 0 Å². The van der Waals surface area contributed by atoms with Crippen molar-refractivity contribution in [1.82, 2.24) is 5.43 Å². The fourth-order valence-corrected chi connectivity index (χ4v) is 3.05. The molecule has 1 aromatic rings. The molecule has 1 atom stereocenters. The Kier molecular flexibility index (Phi) is 3.31. The van der Waals surface area contributed by atoms with E-state index in [0.717, 1.165) is 0 Å². The molecular formula is C14H22N2. The summed E-state index contributed by atoms with van der Waals surface area (Å²) < 4.78 is 0. The predicted octanol–water partition coefficient (Wildman–Crippen LogP) is 3.08. The Morgan fingerprint density at radius 3 is 2.44 bits per heavy atom. The van der Waals surface area contributed by atoms with Crippen molar-refractivity contribution in [2.45, 2.75) is 45.6 Å². The summed E-state index contributed by atoms with van der Waals surface area (Å²) in [5, 5.41) is 0. The molecule has 1 aliphatic carbocycles. The molecule has 0 saturated heterocycles. The molecule has 0 bridgehead atoms. The molecule has 2 heteroatoms. The third kappa shape index (κ3) is 2.00. The van der Waals surface area contributed by atoms with Gasteiger partial charge in [0.25, 0.3) is 0 Å². The number of nitrogens with two attached hydrogens (primary N) is 1. The molecule has 2 nitrogen and oxygen atoms in total. The Morgan fingerprint density at radius 2 is 1.88 bits per heavy atom. The number of nitrogens with one attached hydrogen (secondary N) is 1. The van der Waals surface area contributed by atoms with Crippen LogP contribution in [0.15, 0.2) is 24.3 Å². The van der Waals surface area contributed by atoms with Gasteiger partial charge in [-0.15, -0.1) is 0 Å². The maximum absolute atomic E-state index is 5.79. The van der Waals surface area contributed by atoms with Gasteiger partial charge in [-0.3, -0.25) is 11.3 Å². The summed E-state index contributed by atoms with van der Waals surface area (Å²) in [4.78, 5) is 0. The summed E-state index contributed by atoms with van der Waals surface area (Å²) in [6, 6.07) is 8.84. The van der Waals surface area contributed by atoms with Crippen molar-refractivity contribution in [3.8, 4) is 0 Å². The maximum Gasteiger partial charge on any atom is 0.0516 e. The van der Waals surface area contributed by atoms with E-state index in [2.05, 4.69) is 43.5 Å². The highest BCUT2D eigenvalue weighted by Crippen LogP contribution is 2.47. The van der Waals surface area contributed by atoms with Crippen molar-refractivity contribution >= 4 is 0 Å². The van der Waals surface area contributed by atoms with E-state index in [1.807, 2.05) is 0 Å². The summed E-state index contributed by atoms with van der Waals surface area (Å²) in [6.45, 7) is 4.52. The summed E-state index contributed by atoms with van der Waals surface area (Å²) in [6.07, 6.45) is 5.22. The van der Waals surface area contributed by atoms with Gasteiger partial charge >= 0.3 is 0 Å². The highest BCUT2D eigenvalue weighted by molar-refractivity contribution is 5.30. The van der Waals surface area contributed by atoms with Crippen LogP contribution in [0.25, 0.3) is 0 Å². The summed E-state index contributed by atoms with van der Waals surface area (Å²) in [5.74, 6) is 5.79. The quantitative estimate of drug-likeness (QED) is 0.604. The maximum atomic E-state index is 5.79. The first kappa shape index (κ1) is 11.6. The van der Waals surface area contributed by atoms with Gasteiger partial charge in [-0.2, -0.15) is 0 Å². The van der Waals surface area contributed by atoms with Crippen molar-refractivity contribution in [2.75, 3.05) is 0 Å². The van der Waals surface area contributed by atoms with Crippen LogP contribution in [0.5, 0.6) is 0 Å². The van der Waals surface area contributed by atoms with Crippen LogP contribution < -0.4 is 11.3 Å². The minimum absolute atomic E-state index is 0.288. The fraction of sp³-hybridized carbons (Fsp3) is 0.571. The average Bonchev–Trinajstić information content (AvgIpc) is 2.70. The molecule has 1 aromatic carbocycles. The molecular weight excluding hydrogens is 196 g/mol. The molecule has 3 N–H and O–H groups in total. The largest absolute Gasteiger partial charge is 0.271 e. The van der Waals surface area contributed by atoms with Crippen LogP contribution in [-0.4, -0.2) is 0 Å². The lowest BCUT2D eigenvalue weighted by Gasteiger charge is -2.34. The third-order valence-electron chi connectivity index (χ3n) is 4.11. The first-order valence-electron chi connectivity index (χ1n) is 6.19. The molecule has 0 aromatic heterocycles. The Morgan fingerprint density at radius 1 is 1.25 bits per heavy atom. The monoisotopic (exact) mass is 218 g/mol. The van der Waals surface area contributed by atoms with Crippen molar-refractivity contribution < 1.29 is 0 Å². The topological polar surface area (TPSA) is 38.0 Å². The van der Waals surface area contributed by atoms with E-state index in [0.29, 0.717) is 5.41 Å². The van der Waals surface area contributed by atoms with Crippen molar-refractivity contribution in [2.24, 2.45) is 11.3 Å². The van der Waals surface area contributed by atoms with Gasteiger partial charge in [-0.1, -0.05) is 44.0 Å². The van der Waals surface area contributed by atoms with Gasteiger partial charge in [-0.05, 0) is 36.3 Å². The lowest BCUT2D eigenvalue weighted by Crippen LogP contribution is -2.39. The summed E-state index contributed by atoms with van der Waals surface area (Å²) >= 11 is 0. The van der Waals surface area contributed by atoms with Crippen LogP contribution in [0.3, 0.4) is 0 Å². The summed E-state index contributed by atoms with van der Waals surface area (Å²) in [7, 11) is 0. The van der Waals surface area contributed by atoms with Gasteiger partial charge in [0.1, 0.15) is 0 Å². The predicted molar refractivity (Wildman–Crippen MR) is 67.8 cm³/mol. The average molecular weight is 218 g/mol. The van der Waals surface area contributed by atoms with Gasteiger partial charge in [0.2, 0.25) is 0 Å². The zero-order chi connectivity index (χ0) is 11.6. The van der Waals surface area contributed by atoms with Gasteiger partial charge in [0, 0.05) is 0 Å². The molecule has 88 valence electrons. The van der Waals surface area contributed by atoms with E-state index in [9.17, 15) is 0 Å². The van der Waals surface area contributed by atoms with Crippen molar-refractivity contribution in [1.29, 1.82) is 0 Å². The zero-order valence-electron chi connectivity index (χ0n) is 10.3. The number of hydrogen-bond acceptors (Lipinski definition) is 2. The second-order valence-corrected chi connectivity index (χ2v) is 5.32. The smallest absolute Gasteiger partial charge is 0.0516 e. The Hall–Kier alpha value is -0.860. The minimum Gasteiger partial charge on any atom is -0.271 e. The lowest BCUT2D eigenvalue weighted by atomic mass is 9.76. The van der Waals surface area contributed by atoms with Crippen molar-refractivity contribution in [3.05, 3.63) is 35.4 Å². The standard InChI is InChI=1S/C14H22N2/c1-11-7-3-4-8-12(11)13(16-15)14(2)9-5-6-10-14/h3-4,7-8,13,16H,5-6,9-10,15H2,1-2H3. The molecule has 2 rings (SSSR count). The van der Waals surface area contributed by atoms with Gasteiger partial charge in [-0.25, -0.2) is 0 Å². The third-order valence-corrected chi connectivity index (χ3v) is 4.11. The van der Waals surface area contributed by atoms with Crippen LogP contribution in [0, 0.1) is 12.3 Å². The molecule has 16 heavy (non-hydrogen) atoms. The molecule has 0 heterocycles. The number of rotatable bonds is 3. The van der Waals surface area contributed by atoms with E-state index in [-0.39, 0.29) is 6.04 Å². The second-order valence-electron chi connectivity index (χ2n) is 5.32. The van der Waals surface area contributed by atoms with Gasteiger partial charge < -0.3 is 0 Å². The van der Waals surface area contributed by atoms with E-state index in [1.54, 1.807) is 0 Å². The highest BCUT2D eigenvalue weighted by Gasteiger charge is 2.37. The Balaban J connectivity index is 2.32. The van der Waals surface area contributed by atoms with E-state index in [1.165, 1.54) is 36.8 Å². The van der Waals surface area contributed by atoms with Crippen LogP contribution in [0.2, 0.25) is 0 Å². The van der Waals surface area contributed by atoms with Crippen LogP contribution in [-0.2, 0) is 0 Å². The minimum atomic E-state index is 0.288. The van der Waals surface area contributed by atoms with Crippen LogP contribution in [0.1, 0.15) is 49.8 Å². The molecule has 1 saturated carbocycles. The van der Waals surface area contributed by atoms with Crippen molar-refractivity contribution in [3.63, 3.8) is 0 Å². The zero-order valence-corrected chi connectivity index (χ0v) is 10.3. The Labute approximate surface area is 98.2 Å². The van der Waals surface area contributed by atoms with Gasteiger partial charge in [0.05, 0.1) is 6.04 Å². The summed E-state index contributed by atoms with van der Waals surface area (Å²) in [5.41, 5.74) is 6.05. The normalized spacial score (nSPS) is 20.9. The number of hydrazine groups is 1. The van der Waals surface area contributed by atoms with Gasteiger partial charge in [0.15, 0.2) is 0 Å². The Bertz CT molecular complexity index is 354. The van der Waals surface area contributed by atoms with E-state index >= 15 is 0 Å². The number of aryl methyl sites for hydroxylation is 1. The number of benzene rings is 1. The second kappa shape index (κ2) is 4.56. The first-order chi connectivity index (χ1) is 7.67. The molecule has 1 fully saturated rings.